The average Bonchev–Trinajstić information content (AvgIpc) is 3.10. The van der Waals surface area contributed by atoms with Crippen LogP contribution in [0.15, 0.2) is 50.5 Å². The molecule has 2 atom stereocenters. The Bertz CT molecular complexity index is 1380. The standard InChI is InChI=1S/C22H21ClFN3O4S/c1-12-6-8-17(24)19(13(12)2)14(3)20(21-25-26-22(28)31-21)27-10-4-5-15-11-16(23)7-9-18(15)32(27,29)30/h4-9,11,14,20H,10H2,1-3H3,(H,26,28)/t14?,20-/m0/s1. The second kappa shape index (κ2) is 8.31. The Balaban J connectivity index is 1.93. The number of halogens is 2. The molecule has 2 aromatic carbocycles. The van der Waals surface area contributed by atoms with Gasteiger partial charge in [0.25, 0.3) is 0 Å². The largest absolute Gasteiger partial charge is 0.434 e. The minimum absolute atomic E-state index is 0.0350. The Morgan fingerprint density at radius 1 is 1.25 bits per heavy atom. The van der Waals surface area contributed by atoms with Gasteiger partial charge >= 0.3 is 5.76 Å². The third-order valence-corrected chi connectivity index (χ3v) is 7.98. The molecule has 0 saturated carbocycles. The molecular formula is C22H21ClFN3O4S. The zero-order chi connectivity index (χ0) is 23.2. The van der Waals surface area contributed by atoms with Gasteiger partial charge < -0.3 is 4.42 Å². The van der Waals surface area contributed by atoms with E-state index in [0.717, 1.165) is 5.56 Å². The number of H-pyrrole nitrogens is 1. The number of fused-ring (bicyclic) bond motifs is 1. The quantitative estimate of drug-likeness (QED) is 0.603. The number of hydrogen-bond acceptors (Lipinski definition) is 5. The van der Waals surface area contributed by atoms with Crippen molar-refractivity contribution in [1.29, 1.82) is 0 Å². The van der Waals surface area contributed by atoms with Crippen LogP contribution < -0.4 is 5.76 Å². The predicted molar refractivity (Wildman–Crippen MR) is 119 cm³/mol. The second-order valence-electron chi connectivity index (χ2n) is 7.75. The van der Waals surface area contributed by atoms with Crippen LogP contribution in [0.2, 0.25) is 5.02 Å². The monoisotopic (exact) mass is 477 g/mol. The zero-order valence-corrected chi connectivity index (χ0v) is 19.2. The van der Waals surface area contributed by atoms with Crippen LogP contribution >= 0.6 is 11.6 Å². The first-order valence-electron chi connectivity index (χ1n) is 9.90. The molecule has 4 rings (SSSR count). The highest BCUT2D eigenvalue weighted by molar-refractivity contribution is 7.89. The highest BCUT2D eigenvalue weighted by Gasteiger charge is 2.41. The fourth-order valence-corrected chi connectivity index (χ4v) is 6.08. The van der Waals surface area contributed by atoms with E-state index in [2.05, 4.69) is 10.2 Å². The van der Waals surface area contributed by atoms with Gasteiger partial charge in [-0.2, -0.15) is 4.31 Å². The molecule has 0 aliphatic carbocycles. The molecule has 1 aliphatic heterocycles. The second-order valence-corrected chi connectivity index (χ2v) is 10.0. The molecular weight excluding hydrogens is 457 g/mol. The molecule has 168 valence electrons. The maximum atomic E-state index is 15.0. The van der Waals surface area contributed by atoms with Crippen LogP contribution in [0.1, 0.15) is 47.0 Å². The van der Waals surface area contributed by atoms with Gasteiger partial charge in [-0.05, 0) is 60.4 Å². The van der Waals surface area contributed by atoms with Gasteiger partial charge in [0, 0.05) is 17.5 Å². The number of aromatic amines is 1. The lowest BCUT2D eigenvalue weighted by Gasteiger charge is -2.32. The Morgan fingerprint density at radius 2 is 2.00 bits per heavy atom. The first kappa shape index (κ1) is 22.4. The molecule has 1 aromatic heterocycles. The van der Waals surface area contributed by atoms with Crippen molar-refractivity contribution in [1.82, 2.24) is 14.5 Å². The molecule has 0 bridgehead atoms. The smallest absolute Gasteiger partial charge is 0.391 e. The van der Waals surface area contributed by atoms with Crippen molar-refractivity contribution < 1.29 is 17.2 Å². The van der Waals surface area contributed by atoms with E-state index < -0.39 is 33.6 Å². The molecule has 0 spiro atoms. The third-order valence-electron chi connectivity index (χ3n) is 5.82. The lowest BCUT2D eigenvalue weighted by Crippen LogP contribution is -2.38. The van der Waals surface area contributed by atoms with Crippen LogP contribution in [-0.2, 0) is 10.0 Å². The fourth-order valence-electron chi connectivity index (χ4n) is 4.13. The number of nitrogens with one attached hydrogen (secondary N) is 1. The van der Waals surface area contributed by atoms with Crippen molar-refractivity contribution in [2.75, 3.05) is 6.54 Å². The Morgan fingerprint density at radius 3 is 2.69 bits per heavy atom. The van der Waals surface area contributed by atoms with Crippen LogP contribution in [0.5, 0.6) is 0 Å². The van der Waals surface area contributed by atoms with E-state index in [-0.39, 0.29) is 17.3 Å². The number of aryl methyl sites for hydroxylation is 1. The van der Waals surface area contributed by atoms with Gasteiger partial charge in [0.1, 0.15) is 11.9 Å². The van der Waals surface area contributed by atoms with Crippen LogP contribution in [0.25, 0.3) is 6.08 Å². The summed E-state index contributed by atoms with van der Waals surface area (Å²) in [4.78, 5) is 11.8. The van der Waals surface area contributed by atoms with E-state index in [1.807, 2.05) is 6.92 Å². The van der Waals surface area contributed by atoms with Crippen molar-refractivity contribution >= 4 is 27.7 Å². The number of sulfonamides is 1. The summed E-state index contributed by atoms with van der Waals surface area (Å²) in [6.45, 7) is 5.28. The summed E-state index contributed by atoms with van der Waals surface area (Å²) in [6, 6.07) is 6.41. The number of hydrogen-bond donors (Lipinski definition) is 1. The summed E-state index contributed by atoms with van der Waals surface area (Å²) >= 11 is 6.05. The van der Waals surface area contributed by atoms with E-state index in [1.54, 1.807) is 38.1 Å². The lowest BCUT2D eigenvalue weighted by molar-refractivity contribution is 0.255. The van der Waals surface area contributed by atoms with Crippen LogP contribution in [0, 0.1) is 19.7 Å². The van der Waals surface area contributed by atoms with Crippen LogP contribution in [0.4, 0.5) is 4.39 Å². The Kier molecular flexibility index (Phi) is 5.83. The SMILES string of the molecule is Cc1ccc(F)c(C(C)[C@@H](c2n[nH]c(=O)o2)N2CC=Cc3cc(Cl)ccc3S2(=O)=O)c1C. The highest BCUT2D eigenvalue weighted by atomic mass is 35.5. The zero-order valence-electron chi connectivity index (χ0n) is 17.6. The maximum Gasteiger partial charge on any atom is 0.434 e. The molecule has 32 heavy (non-hydrogen) atoms. The summed E-state index contributed by atoms with van der Waals surface area (Å²) in [6.07, 6.45) is 3.34. The average molecular weight is 478 g/mol. The van der Waals surface area contributed by atoms with Gasteiger partial charge in [-0.1, -0.05) is 36.7 Å². The Hall–Kier alpha value is -2.75. The summed E-state index contributed by atoms with van der Waals surface area (Å²) in [5, 5.41) is 6.49. The molecule has 2 heterocycles. The summed E-state index contributed by atoms with van der Waals surface area (Å²) < 4.78 is 48.8. The molecule has 0 saturated heterocycles. The van der Waals surface area contributed by atoms with Crippen molar-refractivity contribution in [3.8, 4) is 0 Å². The molecule has 0 amide bonds. The molecule has 7 nitrogen and oxygen atoms in total. The minimum atomic E-state index is -4.09. The van der Waals surface area contributed by atoms with Gasteiger partial charge in [-0.15, -0.1) is 5.10 Å². The molecule has 0 radical (unpaired) electrons. The number of benzene rings is 2. The summed E-state index contributed by atoms with van der Waals surface area (Å²) in [5.74, 6) is -2.16. The first-order chi connectivity index (χ1) is 15.1. The predicted octanol–water partition coefficient (Wildman–Crippen LogP) is 4.33. The van der Waals surface area contributed by atoms with Crippen LogP contribution in [0.3, 0.4) is 0 Å². The first-order valence-corrected chi connectivity index (χ1v) is 11.7. The van der Waals surface area contributed by atoms with Gasteiger partial charge in [0.05, 0.1) is 4.90 Å². The lowest BCUT2D eigenvalue weighted by atomic mass is 9.87. The molecule has 1 N–H and O–H groups in total. The van der Waals surface area contributed by atoms with E-state index in [9.17, 15) is 17.6 Å². The van der Waals surface area contributed by atoms with E-state index in [0.29, 0.717) is 21.7 Å². The number of nitrogens with zero attached hydrogens (tertiary/aromatic N) is 2. The minimum Gasteiger partial charge on any atom is -0.391 e. The molecule has 10 heteroatoms. The Labute approximate surface area is 189 Å². The molecule has 1 aliphatic rings. The topological polar surface area (TPSA) is 96.3 Å². The number of aromatic nitrogens is 2. The fraction of sp³-hybridized carbons (Fsp3) is 0.273. The number of rotatable bonds is 4. The summed E-state index contributed by atoms with van der Waals surface area (Å²) in [5.41, 5.74) is 2.32. The van der Waals surface area contributed by atoms with Gasteiger partial charge in [0.15, 0.2) is 0 Å². The summed E-state index contributed by atoms with van der Waals surface area (Å²) in [7, 11) is -4.09. The van der Waals surface area contributed by atoms with E-state index in [4.69, 9.17) is 16.0 Å². The van der Waals surface area contributed by atoms with E-state index in [1.165, 1.54) is 22.5 Å². The maximum absolute atomic E-state index is 15.0. The van der Waals surface area contributed by atoms with Crippen molar-refractivity contribution in [2.45, 2.75) is 37.6 Å². The van der Waals surface area contributed by atoms with Gasteiger partial charge in [-0.3, -0.25) is 0 Å². The molecule has 3 aromatic rings. The van der Waals surface area contributed by atoms with Gasteiger partial charge in [-0.25, -0.2) is 22.7 Å². The van der Waals surface area contributed by atoms with E-state index >= 15 is 0 Å². The van der Waals surface area contributed by atoms with Gasteiger partial charge in [0.2, 0.25) is 15.9 Å². The normalized spacial score (nSPS) is 17.5. The van der Waals surface area contributed by atoms with Crippen molar-refractivity contribution in [2.24, 2.45) is 0 Å². The highest BCUT2D eigenvalue weighted by Crippen LogP contribution is 2.41. The molecule has 0 fully saturated rings. The van der Waals surface area contributed by atoms with Crippen LogP contribution in [-0.4, -0.2) is 29.5 Å². The van der Waals surface area contributed by atoms with Crippen molar-refractivity contribution in [3.05, 3.63) is 85.9 Å². The molecule has 1 unspecified atom stereocenters. The van der Waals surface area contributed by atoms with Crippen molar-refractivity contribution in [3.63, 3.8) is 0 Å². The third kappa shape index (κ3) is 3.80.